The number of fused-ring (bicyclic) bond motifs is 1. The van der Waals surface area contributed by atoms with Crippen LogP contribution < -0.4 is 11.1 Å². The van der Waals surface area contributed by atoms with Gasteiger partial charge in [-0.05, 0) is 35.4 Å². The minimum absolute atomic E-state index is 0.154. The second-order valence-electron chi connectivity index (χ2n) is 5.23. The Morgan fingerprint density at radius 3 is 2.43 bits per heavy atom. The number of anilines is 2. The van der Waals surface area contributed by atoms with Crippen LogP contribution in [0.3, 0.4) is 0 Å². The lowest BCUT2D eigenvalue weighted by molar-refractivity contribution is 0.260. The highest BCUT2D eigenvalue weighted by molar-refractivity contribution is 5.94. The maximum Gasteiger partial charge on any atom is 0.223 e. The van der Waals surface area contributed by atoms with Crippen LogP contribution in [0.15, 0.2) is 36.4 Å². The quantitative estimate of drug-likeness (QED) is 0.549. The second-order valence-corrected chi connectivity index (χ2v) is 5.23. The maximum atomic E-state index is 9.53. The van der Waals surface area contributed by atoms with Gasteiger partial charge >= 0.3 is 0 Å². The van der Waals surface area contributed by atoms with Crippen molar-refractivity contribution in [2.75, 3.05) is 18.1 Å². The van der Waals surface area contributed by atoms with E-state index in [1.54, 1.807) is 13.1 Å². The fourth-order valence-corrected chi connectivity index (χ4v) is 2.58. The fraction of sp³-hybridized carbons (Fsp3) is 0.176. The summed E-state index contributed by atoms with van der Waals surface area (Å²) in [5.74, 6) is 0.482. The van der Waals surface area contributed by atoms with Gasteiger partial charge in [0.05, 0.1) is 24.4 Å². The number of nitrogens with zero attached hydrogens (tertiary/aromatic N) is 2. The largest absolute Gasteiger partial charge is 0.399 e. The number of nitrogens with one attached hydrogen (secondary N) is 1. The van der Waals surface area contributed by atoms with Gasteiger partial charge in [0.25, 0.3) is 0 Å². The number of aliphatic hydroxyl groups is 2. The number of benzene rings is 2. The summed E-state index contributed by atoms with van der Waals surface area (Å²) in [5.41, 5.74) is 10.1. The van der Waals surface area contributed by atoms with E-state index in [1.165, 1.54) is 0 Å². The van der Waals surface area contributed by atoms with Gasteiger partial charge in [0.15, 0.2) is 0 Å². The summed E-state index contributed by atoms with van der Waals surface area (Å²) in [5, 5.41) is 22.7. The summed E-state index contributed by atoms with van der Waals surface area (Å²) >= 11 is 0. The summed E-state index contributed by atoms with van der Waals surface area (Å²) in [6.45, 7) is -0.311. The van der Waals surface area contributed by atoms with Crippen molar-refractivity contribution in [3.63, 3.8) is 0 Å². The molecule has 0 fully saturated rings. The van der Waals surface area contributed by atoms with Gasteiger partial charge in [0.1, 0.15) is 0 Å². The molecule has 23 heavy (non-hydrogen) atoms. The van der Waals surface area contributed by atoms with Crippen LogP contribution >= 0.6 is 0 Å². The average Bonchev–Trinajstić information content (AvgIpc) is 2.59. The van der Waals surface area contributed by atoms with Gasteiger partial charge in [0.2, 0.25) is 5.95 Å². The van der Waals surface area contributed by atoms with Crippen LogP contribution in [0.2, 0.25) is 0 Å². The summed E-state index contributed by atoms with van der Waals surface area (Å²) in [6.07, 6.45) is 0. The Morgan fingerprint density at radius 2 is 1.78 bits per heavy atom. The standard InChI is InChI=1S/C17H18N4O2/c1-19-17-20-15-7-12(9-23)11(8-22)6-14(15)16(21-17)10-3-2-4-13(18)5-10/h2-7,22-23H,8-9,18H2,1H3,(H,19,20,21). The van der Waals surface area contributed by atoms with E-state index < -0.39 is 0 Å². The van der Waals surface area contributed by atoms with Crippen molar-refractivity contribution < 1.29 is 10.2 Å². The Labute approximate surface area is 133 Å². The van der Waals surface area contributed by atoms with E-state index in [-0.39, 0.29) is 13.2 Å². The van der Waals surface area contributed by atoms with E-state index in [2.05, 4.69) is 15.3 Å². The van der Waals surface area contributed by atoms with Crippen molar-refractivity contribution in [3.05, 3.63) is 47.5 Å². The molecule has 1 heterocycles. The van der Waals surface area contributed by atoms with E-state index in [4.69, 9.17) is 5.73 Å². The first-order chi connectivity index (χ1) is 11.2. The molecule has 1 aromatic heterocycles. The lowest BCUT2D eigenvalue weighted by Gasteiger charge is -2.12. The van der Waals surface area contributed by atoms with Crippen LogP contribution in [-0.4, -0.2) is 27.2 Å². The smallest absolute Gasteiger partial charge is 0.223 e. The molecule has 0 atom stereocenters. The molecule has 0 radical (unpaired) electrons. The highest BCUT2D eigenvalue weighted by Crippen LogP contribution is 2.30. The zero-order chi connectivity index (χ0) is 16.4. The Balaban J connectivity index is 2.34. The van der Waals surface area contributed by atoms with Crippen molar-refractivity contribution in [2.24, 2.45) is 0 Å². The van der Waals surface area contributed by atoms with Crippen molar-refractivity contribution in [1.82, 2.24) is 9.97 Å². The molecule has 0 saturated carbocycles. The molecule has 2 aromatic carbocycles. The highest BCUT2D eigenvalue weighted by Gasteiger charge is 2.13. The molecule has 0 bridgehead atoms. The van der Waals surface area contributed by atoms with E-state index in [0.29, 0.717) is 28.3 Å². The number of nitrogen functional groups attached to an aromatic ring is 1. The van der Waals surface area contributed by atoms with Crippen LogP contribution in [0, 0.1) is 0 Å². The molecule has 0 saturated heterocycles. The van der Waals surface area contributed by atoms with E-state index in [9.17, 15) is 10.2 Å². The fourth-order valence-electron chi connectivity index (χ4n) is 2.58. The van der Waals surface area contributed by atoms with Gasteiger partial charge in [-0.1, -0.05) is 12.1 Å². The molecule has 0 aliphatic carbocycles. The number of hydrogen-bond acceptors (Lipinski definition) is 6. The molecule has 0 aliphatic heterocycles. The third-order valence-corrected chi connectivity index (χ3v) is 3.74. The van der Waals surface area contributed by atoms with E-state index in [0.717, 1.165) is 16.6 Å². The first kappa shape index (κ1) is 15.2. The predicted octanol–water partition coefficient (Wildman–Crippen LogP) is 1.91. The molecule has 6 heteroatoms. The molecule has 0 amide bonds. The third-order valence-electron chi connectivity index (χ3n) is 3.74. The minimum Gasteiger partial charge on any atom is -0.399 e. The minimum atomic E-state index is -0.157. The molecular weight excluding hydrogens is 292 g/mol. The molecule has 118 valence electrons. The molecule has 3 rings (SSSR count). The zero-order valence-corrected chi connectivity index (χ0v) is 12.7. The monoisotopic (exact) mass is 310 g/mol. The van der Waals surface area contributed by atoms with E-state index >= 15 is 0 Å². The van der Waals surface area contributed by atoms with Crippen LogP contribution in [0.4, 0.5) is 11.6 Å². The molecule has 6 nitrogen and oxygen atoms in total. The van der Waals surface area contributed by atoms with E-state index in [1.807, 2.05) is 30.3 Å². The first-order valence-electron chi connectivity index (χ1n) is 7.25. The Hall–Kier alpha value is -2.70. The van der Waals surface area contributed by atoms with Crippen molar-refractivity contribution >= 4 is 22.5 Å². The summed E-state index contributed by atoms with van der Waals surface area (Å²) in [6, 6.07) is 11.1. The Morgan fingerprint density at radius 1 is 1.04 bits per heavy atom. The lowest BCUT2D eigenvalue weighted by atomic mass is 10.0. The number of rotatable bonds is 4. The van der Waals surface area contributed by atoms with Crippen molar-refractivity contribution in [2.45, 2.75) is 13.2 Å². The van der Waals surface area contributed by atoms with Gasteiger partial charge in [-0.25, -0.2) is 9.97 Å². The molecule has 0 unspecified atom stereocenters. The highest BCUT2D eigenvalue weighted by atomic mass is 16.3. The van der Waals surface area contributed by atoms with Crippen LogP contribution in [0.25, 0.3) is 22.2 Å². The van der Waals surface area contributed by atoms with Gasteiger partial charge < -0.3 is 21.3 Å². The van der Waals surface area contributed by atoms with Gasteiger partial charge in [-0.15, -0.1) is 0 Å². The SMILES string of the molecule is CNc1nc(-c2cccc(N)c2)c2cc(CO)c(CO)cc2n1. The van der Waals surface area contributed by atoms with Gasteiger partial charge in [-0.2, -0.15) is 0 Å². The molecular formula is C17H18N4O2. The summed E-state index contributed by atoms with van der Waals surface area (Å²) < 4.78 is 0. The number of nitrogens with two attached hydrogens (primary N) is 1. The lowest BCUT2D eigenvalue weighted by Crippen LogP contribution is -2.02. The Kier molecular flexibility index (Phi) is 4.10. The molecule has 3 aromatic rings. The zero-order valence-electron chi connectivity index (χ0n) is 12.7. The Bertz CT molecular complexity index is 865. The van der Waals surface area contributed by atoms with Crippen molar-refractivity contribution in [3.8, 4) is 11.3 Å². The van der Waals surface area contributed by atoms with Crippen molar-refractivity contribution in [1.29, 1.82) is 0 Å². The van der Waals surface area contributed by atoms with Gasteiger partial charge in [-0.3, -0.25) is 0 Å². The number of aliphatic hydroxyl groups excluding tert-OH is 2. The second kappa shape index (κ2) is 6.20. The number of hydrogen-bond donors (Lipinski definition) is 4. The predicted molar refractivity (Wildman–Crippen MR) is 90.8 cm³/mol. The normalized spacial score (nSPS) is 10.9. The molecule has 5 N–H and O–H groups in total. The maximum absolute atomic E-state index is 9.53. The van der Waals surface area contributed by atoms with Crippen LogP contribution in [0.1, 0.15) is 11.1 Å². The molecule has 0 spiro atoms. The average molecular weight is 310 g/mol. The summed E-state index contributed by atoms with van der Waals surface area (Å²) in [4.78, 5) is 8.98. The first-order valence-corrected chi connectivity index (χ1v) is 7.25. The van der Waals surface area contributed by atoms with Crippen LogP contribution in [0.5, 0.6) is 0 Å². The van der Waals surface area contributed by atoms with Crippen LogP contribution in [-0.2, 0) is 13.2 Å². The third kappa shape index (κ3) is 2.81. The van der Waals surface area contributed by atoms with Gasteiger partial charge in [0, 0.05) is 23.7 Å². The molecule has 0 aliphatic rings. The summed E-state index contributed by atoms with van der Waals surface area (Å²) in [7, 11) is 1.75. The number of aromatic nitrogens is 2. The topological polar surface area (TPSA) is 104 Å².